The number of nitrogens with one attached hydrogen (secondary N) is 1. The molecule has 3 aromatic carbocycles. The predicted octanol–water partition coefficient (Wildman–Crippen LogP) is 8.64. The molecule has 0 heterocycles. The fourth-order valence-electron chi connectivity index (χ4n) is 7.75. The van der Waals surface area contributed by atoms with Crippen molar-refractivity contribution in [3.8, 4) is 5.75 Å². The van der Waals surface area contributed by atoms with Crippen molar-refractivity contribution < 1.29 is 35.9 Å². The van der Waals surface area contributed by atoms with Crippen molar-refractivity contribution in [2.75, 3.05) is 35.3 Å². The molecule has 2 fully saturated rings. The summed E-state index contributed by atoms with van der Waals surface area (Å²) < 4.78 is 86.1. The maximum Gasteiger partial charge on any atom is 0.417 e. The monoisotopic (exact) mass is 706 g/mol. The van der Waals surface area contributed by atoms with Crippen molar-refractivity contribution in [2.24, 2.45) is 5.73 Å². The highest BCUT2D eigenvalue weighted by atomic mass is 19.4. The lowest BCUT2D eigenvalue weighted by Crippen LogP contribution is -2.53. The van der Waals surface area contributed by atoms with Gasteiger partial charge in [0.05, 0.1) is 29.8 Å². The largest absolute Gasteiger partial charge is 0.496 e. The first-order valence-corrected chi connectivity index (χ1v) is 16.9. The molecule has 3 N–H and O–H groups in total. The number of hydrogen-bond acceptors (Lipinski definition) is 5. The summed E-state index contributed by atoms with van der Waals surface area (Å²) in [6.45, 7) is 0. The van der Waals surface area contributed by atoms with Gasteiger partial charge in [-0.25, -0.2) is 0 Å². The van der Waals surface area contributed by atoms with Gasteiger partial charge in [0.15, 0.2) is 0 Å². The van der Waals surface area contributed by atoms with Crippen molar-refractivity contribution in [2.45, 2.75) is 86.9 Å². The molecule has 5 rings (SSSR count). The van der Waals surface area contributed by atoms with Crippen LogP contribution in [0.25, 0.3) is 0 Å². The first kappa shape index (κ1) is 39.2. The van der Waals surface area contributed by atoms with Crippen LogP contribution in [0.3, 0.4) is 0 Å². The quantitative estimate of drug-likeness (QED) is 0.218. The van der Waals surface area contributed by atoms with Crippen LogP contribution >= 0.6 is 0 Å². The van der Waals surface area contributed by atoms with Gasteiger partial charge in [0.25, 0.3) is 5.91 Å². The van der Waals surface area contributed by atoms with E-state index in [0.29, 0.717) is 24.5 Å². The summed E-state index contributed by atoms with van der Waals surface area (Å²) in [5, 5.41) is 2.72. The van der Waals surface area contributed by atoms with Crippen molar-refractivity contribution in [1.29, 1.82) is 0 Å². The number of nitrogens with zero attached hydrogens (tertiary/aromatic N) is 2. The molecule has 0 aliphatic heterocycles. The maximum absolute atomic E-state index is 13.8. The molecule has 0 aromatic heterocycles. The number of carbonyl (C=O) groups is 1. The van der Waals surface area contributed by atoms with E-state index < -0.39 is 52.3 Å². The number of ether oxygens (including phenoxy) is 1. The minimum absolute atomic E-state index is 0.0494. The summed E-state index contributed by atoms with van der Waals surface area (Å²) in [7, 11) is 8.93. The van der Waals surface area contributed by atoms with E-state index in [0.717, 1.165) is 20.0 Å². The van der Waals surface area contributed by atoms with E-state index in [-0.39, 0.29) is 17.6 Å². The fraction of sp³-hybridized carbons (Fsp3) is 0.500. The molecule has 2 unspecified atom stereocenters. The Hall–Kier alpha value is -3.61. The van der Waals surface area contributed by atoms with Gasteiger partial charge in [0.2, 0.25) is 0 Å². The molecule has 2 aliphatic carbocycles. The molecule has 2 saturated carbocycles. The maximum atomic E-state index is 13.8. The molecule has 6 nitrogen and oxygen atoms in total. The lowest BCUT2D eigenvalue weighted by Gasteiger charge is -2.44. The minimum Gasteiger partial charge on any atom is -0.496 e. The highest BCUT2D eigenvalue weighted by Gasteiger charge is 2.47. The Balaban J connectivity index is 0.000000291. The van der Waals surface area contributed by atoms with E-state index in [1.54, 1.807) is 30.3 Å². The molecule has 0 saturated heterocycles. The van der Waals surface area contributed by atoms with Gasteiger partial charge in [0.1, 0.15) is 5.75 Å². The Kier molecular flexibility index (Phi) is 12.3. The van der Waals surface area contributed by atoms with Gasteiger partial charge in [-0.05, 0) is 77.1 Å². The molecule has 0 bridgehead atoms. The van der Waals surface area contributed by atoms with Crippen LogP contribution in [0.2, 0.25) is 0 Å². The number of methoxy groups -OCH3 is 1. The second kappa shape index (κ2) is 15.7. The van der Waals surface area contributed by atoms with Crippen molar-refractivity contribution in [1.82, 2.24) is 15.1 Å². The number of likely N-dealkylation sites (N-methyl/N-ethyl adjacent to an activating group) is 2. The Morgan fingerprint density at radius 3 is 1.62 bits per heavy atom. The number of rotatable bonds is 9. The Morgan fingerprint density at radius 1 is 0.740 bits per heavy atom. The highest BCUT2D eigenvalue weighted by Crippen LogP contribution is 2.46. The average Bonchev–Trinajstić information content (AvgIpc) is 3.79. The summed E-state index contributed by atoms with van der Waals surface area (Å²) in [5.41, 5.74) is 3.81. The zero-order valence-electron chi connectivity index (χ0n) is 29.3. The second-order valence-corrected chi connectivity index (χ2v) is 13.7. The van der Waals surface area contributed by atoms with Crippen molar-refractivity contribution in [3.05, 3.63) is 101 Å². The van der Waals surface area contributed by atoms with Gasteiger partial charge in [-0.3, -0.25) is 4.79 Å². The molecule has 0 spiro atoms. The number of nitrogens with two attached hydrogens (primary N) is 1. The summed E-state index contributed by atoms with van der Waals surface area (Å²) >= 11 is 0. The first-order chi connectivity index (χ1) is 23.5. The third-order valence-electron chi connectivity index (χ3n) is 10.6. The molecule has 3 aromatic rings. The van der Waals surface area contributed by atoms with E-state index in [9.17, 15) is 31.1 Å². The van der Waals surface area contributed by atoms with Gasteiger partial charge in [0, 0.05) is 17.1 Å². The van der Waals surface area contributed by atoms with Gasteiger partial charge < -0.3 is 25.6 Å². The molecule has 50 heavy (non-hydrogen) atoms. The second-order valence-electron chi connectivity index (χ2n) is 13.7. The number of hydrogen-bond donors (Lipinski definition) is 2. The summed E-state index contributed by atoms with van der Waals surface area (Å²) in [4.78, 5) is 17.6. The Bertz CT molecular complexity index is 1550. The minimum atomic E-state index is -5.21. The van der Waals surface area contributed by atoms with Crippen molar-refractivity contribution in [3.63, 3.8) is 0 Å². The summed E-state index contributed by atoms with van der Waals surface area (Å²) in [6, 6.07) is 19.1. The SMILES string of the molecule is CN(C)C1(C(N)c2ccccc2)CCCC1.COc1cc(C(F)(F)F)cc(C(F)(F)F)c1C(=O)NC(c1ccccc1)C1(N(C)C)CCCC1. The third kappa shape index (κ3) is 8.29. The molecular formula is C38H48F6N4O2. The van der Waals surface area contributed by atoms with E-state index in [1.165, 1.54) is 31.2 Å². The average molecular weight is 707 g/mol. The lowest BCUT2D eigenvalue weighted by atomic mass is 9.82. The Morgan fingerprint density at radius 2 is 1.20 bits per heavy atom. The van der Waals surface area contributed by atoms with Crippen LogP contribution in [0.15, 0.2) is 72.8 Å². The fourth-order valence-corrected chi connectivity index (χ4v) is 7.75. The zero-order valence-corrected chi connectivity index (χ0v) is 29.3. The number of benzene rings is 3. The van der Waals surface area contributed by atoms with E-state index >= 15 is 0 Å². The van der Waals surface area contributed by atoms with Crippen molar-refractivity contribution >= 4 is 5.91 Å². The van der Waals surface area contributed by atoms with E-state index in [1.807, 2.05) is 25.1 Å². The van der Waals surface area contributed by atoms with Gasteiger partial charge in [-0.2, -0.15) is 26.3 Å². The predicted molar refractivity (Wildman–Crippen MR) is 183 cm³/mol. The van der Waals surface area contributed by atoms with Crippen LogP contribution in [-0.2, 0) is 12.4 Å². The van der Waals surface area contributed by atoms with E-state index in [2.05, 4.69) is 48.6 Å². The van der Waals surface area contributed by atoms with Gasteiger partial charge >= 0.3 is 12.4 Å². The Labute approximate surface area is 291 Å². The number of amides is 1. The van der Waals surface area contributed by atoms with Gasteiger partial charge in [-0.1, -0.05) is 86.3 Å². The zero-order chi connectivity index (χ0) is 36.9. The van der Waals surface area contributed by atoms with Crippen LogP contribution < -0.4 is 15.8 Å². The van der Waals surface area contributed by atoms with Crippen LogP contribution in [0.4, 0.5) is 26.3 Å². The van der Waals surface area contributed by atoms with Crippen LogP contribution in [0.1, 0.15) is 96.1 Å². The first-order valence-electron chi connectivity index (χ1n) is 16.9. The molecular weight excluding hydrogens is 658 g/mol. The normalized spacial score (nSPS) is 18.4. The van der Waals surface area contributed by atoms with Crippen LogP contribution in [-0.4, -0.2) is 62.1 Å². The molecule has 0 radical (unpaired) electrons. The lowest BCUT2D eigenvalue weighted by molar-refractivity contribution is -0.143. The molecule has 12 heteroatoms. The van der Waals surface area contributed by atoms with Crippen LogP contribution in [0.5, 0.6) is 5.75 Å². The number of alkyl halides is 6. The molecule has 1 amide bonds. The van der Waals surface area contributed by atoms with Crippen LogP contribution in [0, 0.1) is 0 Å². The highest BCUT2D eigenvalue weighted by molar-refractivity contribution is 5.99. The smallest absolute Gasteiger partial charge is 0.417 e. The third-order valence-corrected chi connectivity index (χ3v) is 10.6. The summed E-state index contributed by atoms with van der Waals surface area (Å²) in [5.74, 6) is -1.95. The number of halogens is 6. The topological polar surface area (TPSA) is 70.8 Å². The standard InChI is InChI=1S/C24H26F6N2O2.C14H22N2/c1-32(2)22(11-7-8-12-22)20(15-9-5-4-6-10-15)31-21(33)19-17(24(28,29)30)13-16(23(25,26)27)14-18(19)34-3;1-16(2)14(10-6-7-11-14)13(15)12-8-4-3-5-9-12/h4-6,9-10,13-14,20H,7-8,11-12H2,1-3H3,(H,31,33);3-5,8-9,13H,6-7,10-11,15H2,1-2H3. The molecule has 2 atom stereocenters. The molecule has 274 valence electrons. The van der Waals surface area contributed by atoms with Gasteiger partial charge in [-0.15, -0.1) is 0 Å². The molecule has 2 aliphatic rings. The number of carbonyl (C=O) groups excluding carboxylic acids is 1. The van der Waals surface area contributed by atoms with E-state index in [4.69, 9.17) is 10.5 Å². The summed E-state index contributed by atoms with van der Waals surface area (Å²) in [6.07, 6.45) is -2.09.